The van der Waals surface area contributed by atoms with Crippen LogP contribution in [0.4, 0.5) is 26.3 Å². The van der Waals surface area contributed by atoms with Gasteiger partial charge in [-0.15, -0.1) is 6.58 Å². The summed E-state index contributed by atoms with van der Waals surface area (Å²) in [4.78, 5) is 27.3. The van der Waals surface area contributed by atoms with Crippen LogP contribution in [0.2, 0.25) is 0 Å². The smallest absolute Gasteiger partial charge is 0.475 e. The van der Waals surface area contributed by atoms with Crippen molar-refractivity contribution in [3.63, 3.8) is 0 Å². The molecule has 2 aliphatic heterocycles. The summed E-state index contributed by atoms with van der Waals surface area (Å²) in [7, 11) is 0. The number of carboxylic acid groups (broad SMARTS) is 2. The lowest BCUT2D eigenvalue weighted by Gasteiger charge is -2.37. The minimum Gasteiger partial charge on any atom is -0.475 e. The number of hydrogen-bond acceptors (Lipinski definition) is 6. The van der Waals surface area contributed by atoms with Crippen molar-refractivity contribution in [2.75, 3.05) is 32.8 Å². The van der Waals surface area contributed by atoms with Crippen molar-refractivity contribution >= 4 is 11.9 Å². The van der Waals surface area contributed by atoms with E-state index in [1.54, 1.807) is 0 Å². The molecule has 192 valence electrons. The average Bonchev–Trinajstić information content (AvgIpc) is 3.14. The van der Waals surface area contributed by atoms with E-state index < -0.39 is 24.3 Å². The molecule has 2 fully saturated rings. The molecule has 2 atom stereocenters. The normalized spacial score (nSPS) is 20.8. The Kier molecular flexibility index (Phi) is 11.4. The number of aromatic nitrogens is 1. The van der Waals surface area contributed by atoms with Crippen molar-refractivity contribution in [2.45, 2.75) is 37.5 Å². The molecule has 0 amide bonds. The van der Waals surface area contributed by atoms with Crippen LogP contribution in [0.5, 0.6) is 0 Å². The molecule has 0 aliphatic carbocycles. The summed E-state index contributed by atoms with van der Waals surface area (Å²) in [5, 5.41) is 14.2. The van der Waals surface area contributed by atoms with Crippen LogP contribution in [0.1, 0.15) is 12.1 Å². The predicted molar refractivity (Wildman–Crippen MR) is 107 cm³/mol. The van der Waals surface area contributed by atoms with Gasteiger partial charge in [-0.25, -0.2) is 9.59 Å². The third kappa shape index (κ3) is 10.9. The first kappa shape index (κ1) is 29.3. The number of fused-ring (bicyclic) bond motifs is 1. The Morgan fingerprint density at radius 1 is 1.09 bits per heavy atom. The zero-order valence-electron chi connectivity index (χ0n) is 17.9. The number of ether oxygens (including phenoxy) is 1. The van der Waals surface area contributed by atoms with Crippen molar-refractivity contribution in [1.29, 1.82) is 0 Å². The van der Waals surface area contributed by atoms with Gasteiger partial charge in [0.25, 0.3) is 0 Å². The van der Waals surface area contributed by atoms with Crippen molar-refractivity contribution < 1.29 is 50.9 Å². The molecule has 0 aromatic carbocycles. The quantitative estimate of drug-likeness (QED) is 0.469. The number of nitrogens with zero attached hydrogens (tertiary/aromatic N) is 3. The Hall–Kier alpha value is -2.71. The van der Waals surface area contributed by atoms with E-state index in [-0.39, 0.29) is 0 Å². The monoisotopic (exact) mass is 501 g/mol. The molecule has 0 saturated carbocycles. The lowest BCUT2D eigenvalue weighted by Crippen LogP contribution is -2.49. The Bertz CT molecular complexity index is 767. The fourth-order valence-electron chi connectivity index (χ4n) is 3.25. The Labute approximate surface area is 191 Å². The van der Waals surface area contributed by atoms with E-state index in [0.29, 0.717) is 18.8 Å². The fourth-order valence-corrected chi connectivity index (χ4v) is 3.25. The highest BCUT2D eigenvalue weighted by atomic mass is 19.4. The summed E-state index contributed by atoms with van der Waals surface area (Å²) in [5.41, 5.74) is 1.17. The molecule has 2 unspecified atom stereocenters. The van der Waals surface area contributed by atoms with Gasteiger partial charge in [0, 0.05) is 45.0 Å². The van der Waals surface area contributed by atoms with Gasteiger partial charge < -0.3 is 14.9 Å². The molecule has 3 heterocycles. The minimum absolute atomic E-state index is 0.382. The summed E-state index contributed by atoms with van der Waals surface area (Å²) in [5.74, 6) is -5.51. The molecule has 2 saturated heterocycles. The standard InChI is InChI=1S/C16H23N3O.2C2HF3O2/c1-2-9-20-16-10-15-12-18(7-8-19(15)13-16)11-14-5-3-4-6-17-14;2*3-2(4,5)1(6)7/h2-6,15-16H,1,7-13H2;2*(H,6,7). The molecular formula is C20H25F6N3O5. The van der Waals surface area contributed by atoms with Gasteiger partial charge in [0.05, 0.1) is 18.4 Å². The number of carbonyl (C=O) groups is 2. The molecule has 1 aromatic heterocycles. The van der Waals surface area contributed by atoms with Crippen LogP contribution in [0.15, 0.2) is 37.1 Å². The summed E-state index contributed by atoms with van der Waals surface area (Å²) in [6.45, 7) is 9.83. The SMILES string of the molecule is C=CCOC1CC2CN(Cc3ccccn3)CCN2C1.O=C(O)C(F)(F)F.O=C(O)C(F)(F)F. The van der Waals surface area contributed by atoms with Gasteiger partial charge >= 0.3 is 24.3 Å². The van der Waals surface area contributed by atoms with Gasteiger partial charge in [0.15, 0.2) is 0 Å². The minimum atomic E-state index is -5.08. The molecule has 2 aliphatic rings. The van der Waals surface area contributed by atoms with Crippen molar-refractivity contribution in [1.82, 2.24) is 14.8 Å². The summed E-state index contributed by atoms with van der Waals surface area (Å²) in [6.07, 6.45) is -4.93. The van der Waals surface area contributed by atoms with E-state index >= 15 is 0 Å². The number of hydrogen-bond donors (Lipinski definition) is 2. The first-order valence-corrected chi connectivity index (χ1v) is 9.93. The topological polar surface area (TPSA) is 103 Å². The van der Waals surface area contributed by atoms with Crippen LogP contribution in [-0.2, 0) is 20.9 Å². The predicted octanol–water partition coefficient (Wildman–Crippen LogP) is 2.81. The summed E-state index contributed by atoms with van der Waals surface area (Å²) in [6, 6.07) is 6.78. The van der Waals surface area contributed by atoms with E-state index in [1.807, 2.05) is 18.3 Å². The molecule has 0 radical (unpaired) electrons. The van der Waals surface area contributed by atoms with Gasteiger partial charge in [0.2, 0.25) is 0 Å². The number of halogens is 6. The van der Waals surface area contributed by atoms with Crippen LogP contribution in [-0.4, -0.2) is 94.2 Å². The highest BCUT2D eigenvalue weighted by Crippen LogP contribution is 2.24. The van der Waals surface area contributed by atoms with E-state index in [1.165, 1.54) is 5.69 Å². The van der Waals surface area contributed by atoms with Gasteiger partial charge in [-0.1, -0.05) is 12.1 Å². The van der Waals surface area contributed by atoms with Crippen LogP contribution < -0.4 is 0 Å². The summed E-state index contributed by atoms with van der Waals surface area (Å²) >= 11 is 0. The maximum absolute atomic E-state index is 10.6. The largest absolute Gasteiger partial charge is 0.490 e. The number of rotatable bonds is 5. The van der Waals surface area contributed by atoms with Gasteiger partial charge in [0.1, 0.15) is 0 Å². The fraction of sp³-hybridized carbons (Fsp3) is 0.550. The number of carboxylic acids is 2. The third-order valence-electron chi connectivity index (χ3n) is 4.71. The zero-order chi connectivity index (χ0) is 25.9. The second-order valence-electron chi connectivity index (χ2n) is 7.29. The lowest BCUT2D eigenvalue weighted by atomic mass is 10.1. The van der Waals surface area contributed by atoms with Crippen LogP contribution in [0.25, 0.3) is 0 Å². The van der Waals surface area contributed by atoms with Gasteiger partial charge in [-0.3, -0.25) is 14.8 Å². The molecule has 0 bridgehead atoms. The van der Waals surface area contributed by atoms with E-state index in [9.17, 15) is 26.3 Å². The number of alkyl halides is 6. The molecule has 14 heteroatoms. The molecular weight excluding hydrogens is 476 g/mol. The highest BCUT2D eigenvalue weighted by Gasteiger charge is 2.39. The Balaban J connectivity index is 0.000000343. The van der Waals surface area contributed by atoms with E-state index in [4.69, 9.17) is 24.5 Å². The molecule has 2 N–H and O–H groups in total. The molecule has 1 aromatic rings. The van der Waals surface area contributed by atoms with Crippen LogP contribution in [0, 0.1) is 0 Å². The maximum atomic E-state index is 10.6. The van der Waals surface area contributed by atoms with Gasteiger partial charge in [-0.05, 0) is 18.6 Å². The highest BCUT2D eigenvalue weighted by molar-refractivity contribution is 5.73. The molecule has 3 rings (SSSR count). The van der Waals surface area contributed by atoms with Crippen molar-refractivity contribution in [3.8, 4) is 0 Å². The lowest BCUT2D eigenvalue weighted by molar-refractivity contribution is -0.193. The molecule has 34 heavy (non-hydrogen) atoms. The number of piperazine rings is 1. The average molecular weight is 501 g/mol. The second kappa shape index (κ2) is 13.2. The second-order valence-corrected chi connectivity index (χ2v) is 7.29. The third-order valence-corrected chi connectivity index (χ3v) is 4.71. The van der Waals surface area contributed by atoms with E-state index in [2.05, 4.69) is 33.5 Å². The van der Waals surface area contributed by atoms with Crippen LogP contribution >= 0.6 is 0 Å². The van der Waals surface area contributed by atoms with Crippen LogP contribution in [0.3, 0.4) is 0 Å². The van der Waals surface area contributed by atoms with E-state index in [0.717, 1.165) is 39.1 Å². The first-order valence-electron chi connectivity index (χ1n) is 9.93. The Morgan fingerprint density at radius 3 is 2.15 bits per heavy atom. The van der Waals surface area contributed by atoms with Crippen molar-refractivity contribution in [2.24, 2.45) is 0 Å². The molecule has 8 nitrogen and oxygen atoms in total. The maximum Gasteiger partial charge on any atom is 0.490 e. The Morgan fingerprint density at radius 2 is 1.68 bits per heavy atom. The zero-order valence-corrected chi connectivity index (χ0v) is 17.9. The molecule has 0 spiro atoms. The first-order chi connectivity index (χ1) is 15.7. The number of pyridine rings is 1. The summed E-state index contributed by atoms with van der Waals surface area (Å²) < 4.78 is 69.3. The van der Waals surface area contributed by atoms with Crippen molar-refractivity contribution in [3.05, 3.63) is 42.7 Å². The van der Waals surface area contributed by atoms with Gasteiger partial charge in [-0.2, -0.15) is 26.3 Å². The number of aliphatic carboxylic acids is 2.